The van der Waals surface area contributed by atoms with Crippen molar-refractivity contribution in [2.45, 2.75) is 25.9 Å². The van der Waals surface area contributed by atoms with Crippen molar-refractivity contribution < 1.29 is 9.53 Å². The van der Waals surface area contributed by atoms with E-state index in [1.807, 2.05) is 24.1 Å². The summed E-state index contributed by atoms with van der Waals surface area (Å²) in [6, 6.07) is 8.06. The molecular formula is C22H25N5O2S. The van der Waals surface area contributed by atoms with Crippen LogP contribution < -0.4 is 10.5 Å². The summed E-state index contributed by atoms with van der Waals surface area (Å²) in [4.78, 5) is 21.0. The molecule has 1 aromatic carbocycles. The van der Waals surface area contributed by atoms with Gasteiger partial charge in [0, 0.05) is 43.7 Å². The van der Waals surface area contributed by atoms with Crippen molar-refractivity contribution in [3.05, 3.63) is 35.2 Å². The quantitative estimate of drug-likeness (QED) is 0.545. The van der Waals surface area contributed by atoms with Gasteiger partial charge in [-0.25, -0.2) is 4.98 Å². The number of imidazole rings is 1. The van der Waals surface area contributed by atoms with Crippen molar-refractivity contribution >= 4 is 38.5 Å². The van der Waals surface area contributed by atoms with Crippen LogP contribution in [0.3, 0.4) is 0 Å². The van der Waals surface area contributed by atoms with Crippen molar-refractivity contribution in [1.82, 2.24) is 19.0 Å². The minimum atomic E-state index is -0.0206. The third-order valence-corrected chi connectivity index (χ3v) is 6.91. The van der Waals surface area contributed by atoms with Crippen LogP contribution in [-0.2, 0) is 13.6 Å². The molecule has 1 aliphatic heterocycles. The van der Waals surface area contributed by atoms with E-state index in [1.165, 1.54) is 10.2 Å². The third kappa shape index (κ3) is 2.82. The second-order valence-corrected chi connectivity index (χ2v) is 8.69. The minimum Gasteiger partial charge on any atom is -0.494 e. The molecule has 156 valence electrons. The highest BCUT2D eigenvalue weighted by Gasteiger charge is 2.26. The number of aryl methyl sites for hydroxylation is 2. The van der Waals surface area contributed by atoms with E-state index < -0.39 is 0 Å². The van der Waals surface area contributed by atoms with Gasteiger partial charge in [0.15, 0.2) is 5.82 Å². The van der Waals surface area contributed by atoms with Crippen molar-refractivity contribution in [2.24, 2.45) is 12.8 Å². The predicted octanol–water partition coefficient (Wildman–Crippen LogP) is 3.46. The molecule has 0 bridgehead atoms. The number of hydrogen-bond donors (Lipinski definition) is 1. The summed E-state index contributed by atoms with van der Waals surface area (Å²) >= 11 is 1.74. The van der Waals surface area contributed by atoms with Crippen LogP contribution in [0.2, 0.25) is 0 Å². The number of benzene rings is 1. The molecular weight excluding hydrogens is 398 g/mol. The molecule has 5 rings (SSSR count). The molecule has 0 spiro atoms. The summed E-state index contributed by atoms with van der Waals surface area (Å²) in [5, 5.41) is 3.33. The average Bonchev–Trinajstić information content (AvgIpc) is 3.50. The Kier molecular flexibility index (Phi) is 4.56. The van der Waals surface area contributed by atoms with E-state index in [0.717, 1.165) is 35.5 Å². The van der Waals surface area contributed by atoms with E-state index in [0.29, 0.717) is 24.4 Å². The topological polar surface area (TPSA) is 78.3 Å². The summed E-state index contributed by atoms with van der Waals surface area (Å²) in [6.07, 6.45) is 0.837. The van der Waals surface area contributed by atoms with Crippen LogP contribution in [0.5, 0.6) is 5.75 Å². The first-order chi connectivity index (χ1) is 14.5. The second kappa shape index (κ2) is 7.14. The molecule has 7 nitrogen and oxygen atoms in total. The first-order valence-electron chi connectivity index (χ1n) is 10.2. The average molecular weight is 424 g/mol. The van der Waals surface area contributed by atoms with E-state index in [9.17, 15) is 4.79 Å². The number of nitrogens with two attached hydrogens (primary N) is 1. The Balaban J connectivity index is 1.65. The van der Waals surface area contributed by atoms with Crippen LogP contribution in [0, 0.1) is 0 Å². The van der Waals surface area contributed by atoms with Gasteiger partial charge in [0.05, 0.1) is 18.3 Å². The first-order valence-corrected chi connectivity index (χ1v) is 11.1. The highest BCUT2D eigenvalue weighted by molar-refractivity contribution is 7.16. The van der Waals surface area contributed by atoms with Gasteiger partial charge in [-0.2, -0.15) is 0 Å². The Labute approximate surface area is 178 Å². The number of carbonyl (C=O) groups excluding carboxylic acids is 1. The van der Waals surface area contributed by atoms with Gasteiger partial charge in [-0.3, -0.25) is 4.79 Å². The minimum absolute atomic E-state index is 0.0206. The van der Waals surface area contributed by atoms with Gasteiger partial charge in [0.25, 0.3) is 5.91 Å². The Bertz CT molecular complexity index is 1270. The normalized spacial score (nSPS) is 16.8. The van der Waals surface area contributed by atoms with Crippen LogP contribution in [0.1, 0.15) is 23.7 Å². The molecule has 1 atom stereocenters. The van der Waals surface area contributed by atoms with Crippen molar-refractivity contribution in [3.8, 4) is 17.3 Å². The Morgan fingerprint density at radius 3 is 2.90 bits per heavy atom. The molecule has 30 heavy (non-hydrogen) atoms. The lowest BCUT2D eigenvalue weighted by atomic mass is 10.1. The van der Waals surface area contributed by atoms with Crippen LogP contribution in [-0.4, -0.2) is 51.2 Å². The van der Waals surface area contributed by atoms with Gasteiger partial charge >= 0.3 is 0 Å². The lowest BCUT2D eigenvalue weighted by Crippen LogP contribution is -2.31. The van der Waals surface area contributed by atoms with E-state index in [2.05, 4.69) is 33.6 Å². The maximum atomic E-state index is 13.0. The SMILES string of the molecule is CCn1c(-c2nc3cc(C(=O)N4CC[C@@H](N)C4)cc(OC)c3n2C)cc2ccsc21. The Hall–Kier alpha value is -2.84. The molecule has 4 aromatic rings. The number of ether oxygens (including phenoxy) is 1. The smallest absolute Gasteiger partial charge is 0.254 e. The van der Waals surface area contributed by atoms with Crippen LogP contribution >= 0.6 is 11.3 Å². The van der Waals surface area contributed by atoms with Crippen LogP contribution in [0.25, 0.3) is 32.8 Å². The van der Waals surface area contributed by atoms with Crippen molar-refractivity contribution in [2.75, 3.05) is 20.2 Å². The van der Waals surface area contributed by atoms with Crippen molar-refractivity contribution in [3.63, 3.8) is 0 Å². The lowest BCUT2D eigenvalue weighted by molar-refractivity contribution is 0.0790. The highest BCUT2D eigenvalue weighted by Crippen LogP contribution is 2.35. The first kappa shape index (κ1) is 19.1. The molecule has 4 heterocycles. The summed E-state index contributed by atoms with van der Waals surface area (Å²) in [7, 11) is 3.63. The number of thiophene rings is 1. The predicted molar refractivity (Wildman–Crippen MR) is 120 cm³/mol. The number of rotatable bonds is 4. The monoisotopic (exact) mass is 423 g/mol. The van der Waals surface area contributed by atoms with Gasteiger partial charge < -0.3 is 24.5 Å². The molecule has 0 saturated carbocycles. The number of amides is 1. The molecule has 2 N–H and O–H groups in total. The molecule has 0 unspecified atom stereocenters. The summed E-state index contributed by atoms with van der Waals surface area (Å²) < 4.78 is 10.0. The molecule has 1 saturated heterocycles. The molecule has 1 aliphatic rings. The zero-order valence-electron chi connectivity index (χ0n) is 17.4. The molecule has 0 aliphatic carbocycles. The van der Waals surface area contributed by atoms with Gasteiger partial charge in [-0.05, 0) is 43.0 Å². The van der Waals surface area contributed by atoms with Gasteiger partial charge in [0.2, 0.25) is 0 Å². The van der Waals surface area contributed by atoms with E-state index in [4.69, 9.17) is 15.5 Å². The fourth-order valence-corrected chi connectivity index (χ4v) is 5.41. The molecule has 3 aromatic heterocycles. The van der Waals surface area contributed by atoms with Crippen molar-refractivity contribution in [1.29, 1.82) is 0 Å². The molecule has 1 amide bonds. The molecule has 1 fully saturated rings. The Morgan fingerprint density at radius 1 is 1.37 bits per heavy atom. The number of methoxy groups -OCH3 is 1. The summed E-state index contributed by atoms with van der Waals surface area (Å²) in [5.41, 5.74) is 9.28. The zero-order valence-corrected chi connectivity index (χ0v) is 18.2. The van der Waals surface area contributed by atoms with Gasteiger partial charge in [-0.1, -0.05) is 0 Å². The van der Waals surface area contributed by atoms with Gasteiger partial charge in [-0.15, -0.1) is 11.3 Å². The highest BCUT2D eigenvalue weighted by atomic mass is 32.1. The number of aromatic nitrogens is 3. The van der Waals surface area contributed by atoms with E-state index >= 15 is 0 Å². The lowest BCUT2D eigenvalue weighted by Gasteiger charge is -2.16. The second-order valence-electron chi connectivity index (χ2n) is 7.80. The maximum absolute atomic E-state index is 13.0. The summed E-state index contributed by atoms with van der Waals surface area (Å²) in [6.45, 7) is 4.28. The van der Waals surface area contributed by atoms with Crippen LogP contribution in [0.4, 0.5) is 0 Å². The number of fused-ring (bicyclic) bond motifs is 2. The zero-order chi connectivity index (χ0) is 21.0. The number of hydrogen-bond acceptors (Lipinski definition) is 5. The van der Waals surface area contributed by atoms with Gasteiger partial charge in [0.1, 0.15) is 16.1 Å². The summed E-state index contributed by atoms with van der Waals surface area (Å²) in [5.74, 6) is 1.49. The van der Waals surface area contributed by atoms with Crippen LogP contribution in [0.15, 0.2) is 29.6 Å². The maximum Gasteiger partial charge on any atom is 0.254 e. The number of nitrogens with zero attached hydrogens (tertiary/aromatic N) is 4. The molecule has 0 radical (unpaired) electrons. The number of carbonyl (C=O) groups is 1. The fraction of sp³-hybridized carbons (Fsp3) is 0.364. The molecule has 8 heteroatoms. The number of likely N-dealkylation sites (tertiary alicyclic amines) is 1. The Morgan fingerprint density at radius 2 is 2.20 bits per heavy atom. The largest absolute Gasteiger partial charge is 0.494 e. The van der Waals surface area contributed by atoms with E-state index in [1.54, 1.807) is 18.4 Å². The van der Waals surface area contributed by atoms with E-state index in [-0.39, 0.29) is 11.9 Å². The standard InChI is InChI=1S/C22H25N5O2S/c1-4-27-17(10-13-6-8-30-22(13)27)20-24-16-9-14(11-18(29-3)19(16)25(20)2)21(28)26-7-5-15(23)12-26/h6,8-11,15H,4-5,7,12,23H2,1-3H3/t15-/m1/s1. The third-order valence-electron chi connectivity index (χ3n) is 5.96. The fourth-order valence-electron chi connectivity index (χ4n) is 4.45.